The van der Waals surface area contributed by atoms with Crippen molar-refractivity contribution in [1.82, 2.24) is 0 Å². The number of allylic oxidation sites excluding steroid dienone is 2. The van der Waals surface area contributed by atoms with E-state index in [9.17, 15) is 4.79 Å². The molecule has 0 N–H and O–H groups in total. The van der Waals surface area contributed by atoms with Gasteiger partial charge in [-0.05, 0) is 100 Å². The van der Waals surface area contributed by atoms with Crippen LogP contribution in [0.15, 0.2) is 42.5 Å². The second kappa shape index (κ2) is 14.2. The summed E-state index contributed by atoms with van der Waals surface area (Å²) in [6, 6.07) is 10.4. The highest BCUT2D eigenvalue weighted by molar-refractivity contribution is 5.75. The molecule has 214 valence electrons. The Labute approximate surface area is 238 Å². The molecule has 4 atom stereocenters. The summed E-state index contributed by atoms with van der Waals surface area (Å²) in [5.74, 6) is 4.04. The Kier molecular flexibility index (Phi) is 11.3. The van der Waals surface area contributed by atoms with Gasteiger partial charge >= 0.3 is 0 Å². The van der Waals surface area contributed by atoms with Crippen LogP contribution in [-0.4, -0.2) is 11.4 Å². The monoisotopic (exact) mass is 532 g/mol. The number of hydrogen-bond acceptors (Lipinski definition) is 3. The number of ether oxygens (including phenoxy) is 2. The topological polar surface area (TPSA) is 35.5 Å². The molecule has 0 saturated carbocycles. The molecule has 39 heavy (non-hydrogen) atoms. The van der Waals surface area contributed by atoms with E-state index in [1.165, 1.54) is 47.1 Å². The van der Waals surface area contributed by atoms with E-state index in [2.05, 4.69) is 84.9 Å². The molecular formula is C36H52O3. The third-order valence-electron chi connectivity index (χ3n) is 8.58. The molecule has 0 radical (unpaired) electrons. The molecule has 2 unspecified atom stereocenters. The molecule has 2 aromatic carbocycles. The van der Waals surface area contributed by atoms with Crippen molar-refractivity contribution in [3.8, 4) is 11.5 Å². The van der Waals surface area contributed by atoms with Crippen LogP contribution in [0.4, 0.5) is 0 Å². The fourth-order valence-corrected chi connectivity index (χ4v) is 6.21. The minimum absolute atomic E-state index is 0.121. The van der Waals surface area contributed by atoms with Crippen LogP contribution in [-0.2, 0) is 17.8 Å². The minimum Gasteiger partial charge on any atom is -0.488 e. The molecule has 0 fully saturated rings. The average Bonchev–Trinajstić information content (AvgIpc) is 2.87. The van der Waals surface area contributed by atoms with Crippen LogP contribution >= 0.6 is 0 Å². The maximum atomic E-state index is 11.3. The average molecular weight is 533 g/mol. The Morgan fingerprint density at radius 2 is 1.72 bits per heavy atom. The van der Waals surface area contributed by atoms with Crippen LogP contribution in [0.2, 0.25) is 0 Å². The van der Waals surface area contributed by atoms with Crippen LogP contribution in [0.25, 0.3) is 0 Å². The summed E-state index contributed by atoms with van der Waals surface area (Å²) in [5, 5.41) is 0. The number of benzene rings is 2. The number of carbonyl (C=O) groups is 1. The molecule has 0 amide bonds. The van der Waals surface area contributed by atoms with Gasteiger partial charge < -0.3 is 14.3 Å². The van der Waals surface area contributed by atoms with Crippen LogP contribution < -0.4 is 9.47 Å². The molecule has 0 spiro atoms. The molecular weight excluding hydrogens is 480 g/mol. The SMILES string of the molecule is CC(=O)CC(C)C=CC[C@H](C)CCCC(C)C[C@]1(C)CCc2c(C)c(OCc3ccccc3)c(C)c(C)c2O1. The molecule has 1 aliphatic rings. The summed E-state index contributed by atoms with van der Waals surface area (Å²) in [6.45, 7) is 18.0. The van der Waals surface area contributed by atoms with E-state index >= 15 is 0 Å². The first-order chi connectivity index (χ1) is 18.5. The summed E-state index contributed by atoms with van der Waals surface area (Å²) in [4.78, 5) is 11.3. The van der Waals surface area contributed by atoms with Gasteiger partial charge in [-0.15, -0.1) is 0 Å². The van der Waals surface area contributed by atoms with Gasteiger partial charge in [0.15, 0.2) is 0 Å². The maximum Gasteiger partial charge on any atom is 0.130 e. The number of fused-ring (bicyclic) bond motifs is 1. The van der Waals surface area contributed by atoms with Crippen molar-refractivity contribution in [3.63, 3.8) is 0 Å². The van der Waals surface area contributed by atoms with E-state index in [0.717, 1.165) is 37.2 Å². The first kappa shape index (κ1) is 31.0. The number of Topliss-reactive ketones (excluding diaryl/α,β-unsaturated/α-hetero) is 1. The summed E-state index contributed by atoms with van der Waals surface area (Å²) < 4.78 is 13.2. The third-order valence-corrected chi connectivity index (χ3v) is 8.58. The van der Waals surface area contributed by atoms with Gasteiger partial charge in [0.05, 0.1) is 0 Å². The van der Waals surface area contributed by atoms with Crippen molar-refractivity contribution in [2.45, 2.75) is 119 Å². The van der Waals surface area contributed by atoms with Gasteiger partial charge in [0.1, 0.15) is 29.5 Å². The zero-order valence-corrected chi connectivity index (χ0v) is 25.9. The first-order valence-corrected chi connectivity index (χ1v) is 15.1. The van der Waals surface area contributed by atoms with Crippen LogP contribution in [0.3, 0.4) is 0 Å². The van der Waals surface area contributed by atoms with Crippen molar-refractivity contribution in [1.29, 1.82) is 0 Å². The molecule has 3 rings (SSSR count). The largest absolute Gasteiger partial charge is 0.488 e. The summed E-state index contributed by atoms with van der Waals surface area (Å²) in [6.07, 6.45) is 13.2. The highest BCUT2D eigenvalue weighted by Gasteiger charge is 2.35. The number of hydrogen-bond donors (Lipinski definition) is 0. The van der Waals surface area contributed by atoms with E-state index in [1.54, 1.807) is 6.92 Å². The molecule has 0 saturated heterocycles. The van der Waals surface area contributed by atoms with E-state index in [1.807, 2.05) is 6.07 Å². The zero-order chi connectivity index (χ0) is 28.6. The Morgan fingerprint density at radius 3 is 2.41 bits per heavy atom. The van der Waals surface area contributed by atoms with E-state index < -0.39 is 0 Å². The minimum atomic E-state index is -0.121. The maximum absolute atomic E-state index is 11.3. The Hall–Kier alpha value is -2.55. The van der Waals surface area contributed by atoms with Crippen molar-refractivity contribution >= 4 is 5.78 Å². The molecule has 0 aromatic heterocycles. The van der Waals surface area contributed by atoms with Crippen molar-refractivity contribution < 1.29 is 14.3 Å². The smallest absolute Gasteiger partial charge is 0.130 e. The van der Waals surface area contributed by atoms with Gasteiger partial charge in [0, 0.05) is 12.0 Å². The third kappa shape index (κ3) is 8.98. The normalized spacial score (nSPS) is 19.3. The lowest BCUT2D eigenvalue weighted by atomic mass is 9.81. The van der Waals surface area contributed by atoms with E-state index in [4.69, 9.17) is 9.47 Å². The van der Waals surface area contributed by atoms with E-state index in [0.29, 0.717) is 30.8 Å². The molecule has 0 aliphatic carbocycles. The summed E-state index contributed by atoms with van der Waals surface area (Å²) in [5.41, 5.74) is 6.04. The first-order valence-electron chi connectivity index (χ1n) is 15.1. The predicted molar refractivity (Wildman–Crippen MR) is 164 cm³/mol. The lowest BCUT2D eigenvalue weighted by Crippen LogP contribution is -2.38. The standard InChI is InChI=1S/C36H52O3/c1-25(14-12-16-26(2)22-28(4)37)15-13-17-27(3)23-36(8)21-20-33-31(7)34(29(5)30(6)35(33)39-36)38-24-32-18-10-9-11-19-32/h9-12,16,18-19,25-27H,13-15,17,20-24H2,1-8H3/t25-,26?,27?,36-/m0/s1. The predicted octanol–water partition coefficient (Wildman–Crippen LogP) is 9.67. The lowest BCUT2D eigenvalue weighted by molar-refractivity contribution is -0.117. The van der Waals surface area contributed by atoms with Crippen molar-refractivity contribution in [2.24, 2.45) is 17.8 Å². The fraction of sp³-hybridized carbons (Fsp3) is 0.583. The summed E-state index contributed by atoms with van der Waals surface area (Å²) in [7, 11) is 0. The second-order valence-corrected chi connectivity index (χ2v) is 12.7. The highest BCUT2D eigenvalue weighted by Crippen LogP contribution is 2.45. The molecule has 0 bridgehead atoms. The van der Waals surface area contributed by atoms with Crippen LogP contribution in [0.5, 0.6) is 11.5 Å². The molecule has 1 aliphatic heterocycles. The quantitative estimate of drug-likeness (QED) is 0.227. The molecule has 2 aromatic rings. The number of ketones is 1. The summed E-state index contributed by atoms with van der Waals surface area (Å²) >= 11 is 0. The van der Waals surface area contributed by atoms with Crippen molar-refractivity contribution in [2.75, 3.05) is 0 Å². The van der Waals surface area contributed by atoms with Gasteiger partial charge in [0.2, 0.25) is 0 Å². The Bertz CT molecular complexity index is 1120. The van der Waals surface area contributed by atoms with E-state index in [-0.39, 0.29) is 11.4 Å². The van der Waals surface area contributed by atoms with Gasteiger partial charge in [-0.3, -0.25) is 0 Å². The fourth-order valence-electron chi connectivity index (χ4n) is 6.21. The highest BCUT2D eigenvalue weighted by atomic mass is 16.5. The lowest BCUT2D eigenvalue weighted by Gasteiger charge is -2.39. The molecule has 3 nitrogen and oxygen atoms in total. The van der Waals surface area contributed by atoms with Crippen LogP contribution in [0, 0.1) is 38.5 Å². The Morgan fingerprint density at radius 1 is 1.03 bits per heavy atom. The number of carbonyl (C=O) groups excluding carboxylic acids is 1. The second-order valence-electron chi connectivity index (χ2n) is 12.7. The Balaban J connectivity index is 1.53. The van der Waals surface area contributed by atoms with Gasteiger partial charge in [-0.1, -0.05) is 82.5 Å². The zero-order valence-electron chi connectivity index (χ0n) is 25.9. The number of rotatable bonds is 14. The van der Waals surface area contributed by atoms with Gasteiger partial charge in [0.25, 0.3) is 0 Å². The molecule has 1 heterocycles. The van der Waals surface area contributed by atoms with Gasteiger partial charge in [-0.25, -0.2) is 0 Å². The van der Waals surface area contributed by atoms with Gasteiger partial charge in [-0.2, -0.15) is 0 Å². The van der Waals surface area contributed by atoms with Crippen molar-refractivity contribution in [3.05, 3.63) is 70.3 Å². The molecule has 3 heteroatoms. The van der Waals surface area contributed by atoms with Crippen LogP contribution in [0.1, 0.15) is 107 Å².